The molecule has 0 radical (unpaired) electrons. The number of hydrogen-bond donors (Lipinski definition) is 1. The second-order valence-corrected chi connectivity index (χ2v) is 3.94. The molecule has 0 saturated carbocycles. The van der Waals surface area contributed by atoms with Crippen LogP contribution in [-0.2, 0) is 11.2 Å². The van der Waals surface area contributed by atoms with Crippen molar-refractivity contribution in [3.05, 3.63) is 30.2 Å². The molecule has 0 unspecified atom stereocenters. The topological polar surface area (TPSA) is 74.2 Å². The monoisotopic (exact) mass is 247 g/mol. The lowest BCUT2D eigenvalue weighted by Gasteiger charge is -1.97. The fraction of sp³-hybridized carbons (Fsp3) is 0.385. The van der Waals surface area contributed by atoms with Gasteiger partial charge in [-0.1, -0.05) is 17.3 Å². The molecule has 2 aromatic rings. The van der Waals surface area contributed by atoms with Gasteiger partial charge in [0.05, 0.1) is 0 Å². The minimum Gasteiger partial charge on any atom is -0.399 e. The molecule has 0 atom stereocenters. The van der Waals surface area contributed by atoms with Crippen molar-refractivity contribution in [3.63, 3.8) is 0 Å². The molecule has 0 bridgehead atoms. The summed E-state index contributed by atoms with van der Waals surface area (Å²) in [5, 5.41) is 3.94. The molecule has 0 spiro atoms. The third-order valence-corrected chi connectivity index (χ3v) is 2.50. The average Bonchev–Trinajstić information content (AvgIpc) is 2.83. The second kappa shape index (κ2) is 6.16. The van der Waals surface area contributed by atoms with Gasteiger partial charge in [-0.25, -0.2) is 0 Å². The van der Waals surface area contributed by atoms with Crippen molar-refractivity contribution in [2.75, 3.05) is 18.9 Å². The summed E-state index contributed by atoms with van der Waals surface area (Å²) in [5.41, 5.74) is 7.27. The van der Waals surface area contributed by atoms with Crippen LogP contribution < -0.4 is 5.73 Å². The van der Waals surface area contributed by atoms with Crippen molar-refractivity contribution < 1.29 is 9.26 Å². The first-order valence-corrected chi connectivity index (χ1v) is 6.06. The molecule has 2 rings (SSSR count). The normalized spacial score (nSPS) is 10.7. The molecule has 0 aliphatic heterocycles. The van der Waals surface area contributed by atoms with E-state index in [9.17, 15) is 0 Å². The Balaban J connectivity index is 1.97. The van der Waals surface area contributed by atoms with E-state index in [0.717, 1.165) is 25.0 Å². The number of hydrogen-bond acceptors (Lipinski definition) is 5. The van der Waals surface area contributed by atoms with Crippen LogP contribution in [0.4, 0.5) is 5.69 Å². The number of aryl methyl sites for hydroxylation is 1. The predicted octanol–water partition coefficient (Wildman–Crippen LogP) is 2.29. The maximum Gasteiger partial charge on any atom is 0.227 e. The van der Waals surface area contributed by atoms with Gasteiger partial charge in [-0.15, -0.1) is 0 Å². The van der Waals surface area contributed by atoms with Crippen molar-refractivity contribution in [3.8, 4) is 11.4 Å². The van der Waals surface area contributed by atoms with Crippen molar-refractivity contribution in [2.24, 2.45) is 0 Å². The molecule has 5 nitrogen and oxygen atoms in total. The number of nitrogens with two attached hydrogens (primary N) is 1. The lowest BCUT2D eigenvalue weighted by atomic mass is 10.2. The minimum absolute atomic E-state index is 0.578. The van der Waals surface area contributed by atoms with Gasteiger partial charge in [-0.05, 0) is 25.5 Å². The number of aromatic nitrogens is 2. The quantitative estimate of drug-likeness (QED) is 0.626. The summed E-state index contributed by atoms with van der Waals surface area (Å²) in [6.07, 6.45) is 1.61. The van der Waals surface area contributed by atoms with E-state index in [0.29, 0.717) is 24.0 Å². The van der Waals surface area contributed by atoms with E-state index in [4.69, 9.17) is 15.0 Å². The molecule has 0 fully saturated rings. The molecule has 2 N–H and O–H groups in total. The highest BCUT2D eigenvalue weighted by molar-refractivity contribution is 5.60. The van der Waals surface area contributed by atoms with Gasteiger partial charge in [-0.3, -0.25) is 0 Å². The van der Waals surface area contributed by atoms with Crippen molar-refractivity contribution in [1.82, 2.24) is 10.1 Å². The maximum absolute atomic E-state index is 5.71. The van der Waals surface area contributed by atoms with Crippen LogP contribution in [0.1, 0.15) is 19.2 Å². The Morgan fingerprint density at radius 3 is 3.06 bits per heavy atom. The molecule has 1 aromatic heterocycles. The molecule has 18 heavy (non-hydrogen) atoms. The van der Waals surface area contributed by atoms with Crippen LogP contribution in [-0.4, -0.2) is 23.4 Å². The Labute approximate surface area is 106 Å². The van der Waals surface area contributed by atoms with Gasteiger partial charge in [0.15, 0.2) is 0 Å². The highest BCUT2D eigenvalue weighted by Crippen LogP contribution is 2.18. The molecule has 0 aliphatic rings. The fourth-order valence-corrected chi connectivity index (χ4v) is 1.62. The molecular weight excluding hydrogens is 230 g/mol. The van der Waals surface area contributed by atoms with Gasteiger partial charge in [0.2, 0.25) is 11.7 Å². The van der Waals surface area contributed by atoms with Gasteiger partial charge in [0, 0.05) is 30.9 Å². The third-order valence-electron chi connectivity index (χ3n) is 2.50. The minimum atomic E-state index is 0.578. The molecule has 0 amide bonds. The van der Waals surface area contributed by atoms with Gasteiger partial charge in [0.25, 0.3) is 0 Å². The summed E-state index contributed by atoms with van der Waals surface area (Å²) < 4.78 is 10.4. The van der Waals surface area contributed by atoms with Crippen LogP contribution in [0.3, 0.4) is 0 Å². The summed E-state index contributed by atoms with van der Waals surface area (Å²) >= 11 is 0. The highest BCUT2D eigenvalue weighted by atomic mass is 16.5. The fourth-order valence-electron chi connectivity index (χ4n) is 1.62. The Bertz CT molecular complexity index is 496. The van der Waals surface area contributed by atoms with E-state index < -0.39 is 0 Å². The largest absolute Gasteiger partial charge is 0.399 e. The number of benzene rings is 1. The van der Waals surface area contributed by atoms with E-state index in [-0.39, 0.29) is 0 Å². The SMILES string of the molecule is CCOCCCc1nc(-c2cccc(N)c2)no1. The van der Waals surface area contributed by atoms with Crippen LogP contribution in [0, 0.1) is 0 Å². The van der Waals surface area contributed by atoms with Crippen LogP contribution in [0.2, 0.25) is 0 Å². The number of ether oxygens (including phenoxy) is 1. The first-order chi connectivity index (χ1) is 8.79. The number of rotatable bonds is 6. The second-order valence-electron chi connectivity index (χ2n) is 3.94. The Hall–Kier alpha value is -1.88. The summed E-state index contributed by atoms with van der Waals surface area (Å²) in [7, 11) is 0. The van der Waals surface area contributed by atoms with Crippen LogP contribution in [0.5, 0.6) is 0 Å². The summed E-state index contributed by atoms with van der Waals surface area (Å²) in [6.45, 7) is 3.43. The van der Waals surface area contributed by atoms with E-state index in [2.05, 4.69) is 10.1 Å². The first kappa shape index (κ1) is 12.6. The number of nitrogen functional groups attached to an aromatic ring is 1. The third kappa shape index (κ3) is 3.30. The molecular formula is C13H17N3O2. The Kier molecular flexibility index (Phi) is 4.30. The smallest absolute Gasteiger partial charge is 0.227 e. The zero-order valence-corrected chi connectivity index (χ0v) is 10.4. The van der Waals surface area contributed by atoms with Crippen LogP contribution in [0.15, 0.2) is 28.8 Å². The lowest BCUT2D eigenvalue weighted by molar-refractivity contribution is 0.143. The van der Waals surface area contributed by atoms with E-state index in [1.165, 1.54) is 0 Å². The zero-order valence-electron chi connectivity index (χ0n) is 10.4. The average molecular weight is 247 g/mol. The van der Waals surface area contributed by atoms with Crippen LogP contribution >= 0.6 is 0 Å². The Morgan fingerprint density at radius 2 is 2.28 bits per heavy atom. The van der Waals surface area contributed by atoms with E-state index >= 15 is 0 Å². The van der Waals surface area contributed by atoms with E-state index in [1.807, 2.05) is 31.2 Å². The van der Waals surface area contributed by atoms with E-state index in [1.54, 1.807) is 0 Å². The predicted molar refractivity (Wildman–Crippen MR) is 69.0 cm³/mol. The lowest BCUT2D eigenvalue weighted by Crippen LogP contribution is -1.96. The van der Waals surface area contributed by atoms with Crippen molar-refractivity contribution >= 4 is 5.69 Å². The molecule has 0 saturated heterocycles. The first-order valence-electron chi connectivity index (χ1n) is 6.06. The molecule has 1 heterocycles. The summed E-state index contributed by atoms with van der Waals surface area (Å²) in [4.78, 5) is 4.33. The molecule has 0 aliphatic carbocycles. The Morgan fingerprint density at radius 1 is 1.39 bits per heavy atom. The molecule has 5 heteroatoms. The van der Waals surface area contributed by atoms with Crippen molar-refractivity contribution in [1.29, 1.82) is 0 Å². The van der Waals surface area contributed by atoms with Gasteiger partial charge < -0.3 is 15.0 Å². The zero-order chi connectivity index (χ0) is 12.8. The summed E-state index contributed by atoms with van der Waals surface area (Å²) in [6, 6.07) is 7.43. The van der Waals surface area contributed by atoms with Gasteiger partial charge >= 0.3 is 0 Å². The molecule has 96 valence electrons. The van der Waals surface area contributed by atoms with Gasteiger partial charge in [-0.2, -0.15) is 4.98 Å². The highest BCUT2D eigenvalue weighted by Gasteiger charge is 2.08. The number of nitrogens with zero attached hydrogens (tertiary/aromatic N) is 2. The standard InChI is InChI=1S/C13H17N3O2/c1-2-17-8-4-7-12-15-13(16-18-12)10-5-3-6-11(14)9-10/h3,5-6,9H,2,4,7-8,14H2,1H3. The van der Waals surface area contributed by atoms with Crippen molar-refractivity contribution in [2.45, 2.75) is 19.8 Å². The molecule has 1 aromatic carbocycles. The number of anilines is 1. The van der Waals surface area contributed by atoms with Crippen LogP contribution in [0.25, 0.3) is 11.4 Å². The summed E-state index contributed by atoms with van der Waals surface area (Å²) in [5.74, 6) is 1.21. The van der Waals surface area contributed by atoms with Gasteiger partial charge in [0.1, 0.15) is 0 Å². The maximum atomic E-state index is 5.71.